The minimum atomic E-state index is 0.421. The maximum Gasteiger partial charge on any atom is 0.130 e. The molecule has 0 aliphatic carbocycles. The third kappa shape index (κ3) is 2.82. The van der Waals surface area contributed by atoms with Gasteiger partial charge in [-0.3, -0.25) is 4.98 Å². The van der Waals surface area contributed by atoms with Gasteiger partial charge in [0.2, 0.25) is 0 Å². The van der Waals surface area contributed by atoms with Crippen LogP contribution in [-0.2, 0) is 6.54 Å². The highest BCUT2D eigenvalue weighted by molar-refractivity contribution is 5.39. The van der Waals surface area contributed by atoms with Crippen LogP contribution in [0.3, 0.4) is 0 Å². The molecule has 3 nitrogen and oxygen atoms in total. The fraction of sp³-hybridized carbons (Fsp3) is 0.214. The minimum absolute atomic E-state index is 0.421. The van der Waals surface area contributed by atoms with E-state index in [1.54, 1.807) is 6.20 Å². The first-order valence-corrected chi connectivity index (χ1v) is 5.59. The van der Waals surface area contributed by atoms with E-state index in [2.05, 4.69) is 18.0 Å². The Morgan fingerprint density at radius 1 is 1.18 bits per heavy atom. The molecule has 0 saturated heterocycles. The van der Waals surface area contributed by atoms with Gasteiger partial charge in [0.25, 0.3) is 0 Å². The number of hydrogen-bond donors (Lipinski definition) is 1. The SMILES string of the molecule is Cc1ccc(Oc2ccnc(CN)c2)c(C)c1. The summed E-state index contributed by atoms with van der Waals surface area (Å²) >= 11 is 0. The third-order valence-electron chi connectivity index (χ3n) is 2.56. The van der Waals surface area contributed by atoms with Gasteiger partial charge in [0.1, 0.15) is 11.5 Å². The van der Waals surface area contributed by atoms with Crippen LogP contribution in [0.25, 0.3) is 0 Å². The summed E-state index contributed by atoms with van der Waals surface area (Å²) in [6.07, 6.45) is 1.71. The van der Waals surface area contributed by atoms with Crippen LogP contribution in [-0.4, -0.2) is 4.98 Å². The summed E-state index contributed by atoms with van der Waals surface area (Å²) < 4.78 is 5.81. The minimum Gasteiger partial charge on any atom is -0.457 e. The van der Waals surface area contributed by atoms with Crippen LogP contribution < -0.4 is 10.5 Å². The molecule has 88 valence electrons. The molecule has 0 unspecified atom stereocenters. The first-order chi connectivity index (χ1) is 8.19. The Balaban J connectivity index is 2.25. The standard InChI is InChI=1S/C14H16N2O/c1-10-3-4-14(11(2)7-10)17-13-5-6-16-12(8-13)9-15/h3-8H,9,15H2,1-2H3. The summed E-state index contributed by atoms with van der Waals surface area (Å²) in [7, 11) is 0. The van der Waals surface area contributed by atoms with Crippen LogP contribution >= 0.6 is 0 Å². The molecule has 2 aromatic rings. The molecule has 17 heavy (non-hydrogen) atoms. The summed E-state index contributed by atoms with van der Waals surface area (Å²) in [6.45, 7) is 4.52. The van der Waals surface area contributed by atoms with E-state index < -0.39 is 0 Å². The third-order valence-corrected chi connectivity index (χ3v) is 2.56. The normalized spacial score (nSPS) is 10.3. The highest BCUT2D eigenvalue weighted by Crippen LogP contribution is 2.25. The van der Waals surface area contributed by atoms with Crippen molar-refractivity contribution in [2.24, 2.45) is 5.73 Å². The van der Waals surface area contributed by atoms with Crippen molar-refractivity contribution < 1.29 is 4.74 Å². The molecule has 0 aliphatic heterocycles. The zero-order valence-electron chi connectivity index (χ0n) is 10.1. The van der Waals surface area contributed by atoms with Crippen LogP contribution in [0.5, 0.6) is 11.5 Å². The maximum absolute atomic E-state index is 5.81. The summed E-state index contributed by atoms with van der Waals surface area (Å²) in [6, 6.07) is 9.80. The van der Waals surface area contributed by atoms with E-state index in [1.807, 2.05) is 31.2 Å². The predicted octanol–water partition coefficient (Wildman–Crippen LogP) is 2.95. The van der Waals surface area contributed by atoms with Gasteiger partial charge in [0.05, 0.1) is 5.69 Å². The smallest absolute Gasteiger partial charge is 0.130 e. The van der Waals surface area contributed by atoms with Gasteiger partial charge in [0.15, 0.2) is 0 Å². The number of hydrogen-bond acceptors (Lipinski definition) is 3. The fourth-order valence-corrected chi connectivity index (χ4v) is 1.67. The summed E-state index contributed by atoms with van der Waals surface area (Å²) in [5.74, 6) is 1.64. The van der Waals surface area contributed by atoms with E-state index >= 15 is 0 Å². The van der Waals surface area contributed by atoms with E-state index in [0.717, 1.165) is 22.8 Å². The highest BCUT2D eigenvalue weighted by Gasteiger charge is 2.02. The highest BCUT2D eigenvalue weighted by atomic mass is 16.5. The predicted molar refractivity (Wildman–Crippen MR) is 68.1 cm³/mol. The van der Waals surface area contributed by atoms with Gasteiger partial charge in [-0.15, -0.1) is 0 Å². The Kier molecular flexibility index (Phi) is 3.40. The number of nitrogens with zero attached hydrogens (tertiary/aromatic N) is 1. The number of rotatable bonds is 3. The number of aryl methyl sites for hydroxylation is 2. The molecule has 1 aromatic heterocycles. The largest absolute Gasteiger partial charge is 0.457 e. The molecule has 2 N–H and O–H groups in total. The topological polar surface area (TPSA) is 48.1 Å². The lowest BCUT2D eigenvalue weighted by Gasteiger charge is -2.09. The quantitative estimate of drug-likeness (QED) is 0.878. The molecule has 3 heteroatoms. The molecule has 0 fully saturated rings. The monoisotopic (exact) mass is 228 g/mol. The van der Waals surface area contributed by atoms with Gasteiger partial charge in [-0.25, -0.2) is 0 Å². The second-order valence-corrected chi connectivity index (χ2v) is 4.06. The average Bonchev–Trinajstić information content (AvgIpc) is 2.33. The van der Waals surface area contributed by atoms with Crippen LogP contribution in [0.1, 0.15) is 16.8 Å². The Morgan fingerprint density at radius 2 is 2.00 bits per heavy atom. The Morgan fingerprint density at radius 3 is 2.71 bits per heavy atom. The number of ether oxygens (including phenoxy) is 1. The fourth-order valence-electron chi connectivity index (χ4n) is 1.67. The van der Waals surface area contributed by atoms with Crippen molar-refractivity contribution in [2.45, 2.75) is 20.4 Å². The molecule has 0 bridgehead atoms. The van der Waals surface area contributed by atoms with E-state index in [9.17, 15) is 0 Å². The molecule has 0 aliphatic rings. The molecule has 0 saturated carbocycles. The van der Waals surface area contributed by atoms with Gasteiger partial charge < -0.3 is 10.5 Å². The van der Waals surface area contributed by atoms with Crippen LogP contribution in [0.2, 0.25) is 0 Å². The summed E-state index contributed by atoms with van der Waals surface area (Å²) in [4.78, 5) is 4.13. The molecule has 1 heterocycles. The van der Waals surface area contributed by atoms with Crippen LogP contribution in [0.15, 0.2) is 36.5 Å². The molecule has 1 aromatic carbocycles. The molecular formula is C14H16N2O. The molecule has 0 amide bonds. The number of benzene rings is 1. The van der Waals surface area contributed by atoms with Gasteiger partial charge in [-0.1, -0.05) is 17.7 Å². The lowest BCUT2D eigenvalue weighted by atomic mass is 10.1. The van der Waals surface area contributed by atoms with Gasteiger partial charge >= 0.3 is 0 Å². The van der Waals surface area contributed by atoms with Crippen LogP contribution in [0, 0.1) is 13.8 Å². The Hall–Kier alpha value is -1.87. The second-order valence-electron chi connectivity index (χ2n) is 4.06. The van der Waals surface area contributed by atoms with Crippen molar-refractivity contribution in [1.82, 2.24) is 4.98 Å². The van der Waals surface area contributed by atoms with Crippen molar-refractivity contribution in [1.29, 1.82) is 0 Å². The first kappa shape index (κ1) is 11.6. The van der Waals surface area contributed by atoms with E-state index in [1.165, 1.54) is 5.56 Å². The maximum atomic E-state index is 5.81. The van der Waals surface area contributed by atoms with Gasteiger partial charge in [-0.2, -0.15) is 0 Å². The zero-order chi connectivity index (χ0) is 12.3. The van der Waals surface area contributed by atoms with Crippen molar-refractivity contribution in [2.75, 3.05) is 0 Å². The Labute approximate surface area is 101 Å². The second kappa shape index (κ2) is 4.97. The molecule has 0 spiro atoms. The van der Waals surface area contributed by atoms with E-state index in [4.69, 9.17) is 10.5 Å². The average molecular weight is 228 g/mol. The molecule has 2 rings (SSSR count). The molecule has 0 atom stereocenters. The van der Waals surface area contributed by atoms with Gasteiger partial charge in [0, 0.05) is 18.8 Å². The number of nitrogens with two attached hydrogens (primary N) is 1. The Bertz CT molecular complexity index is 523. The van der Waals surface area contributed by atoms with Crippen LogP contribution in [0.4, 0.5) is 0 Å². The number of pyridine rings is 1. The lowest BCUT2D eigenvalue weighted by molar-refractivity contribution is 0.477. The van der Waals surface area contributed by atoms with Crippen molar-refractivity contribution in [3.05, 3.63) is 53.3 Å². The first-order valence-electron chi connectivity index (χ1n) is 5.59. The number of aromatic nitrogens is 1. The van der Waals surface area contributed by atoms with E-state index in [0.29, 0.717) is 6.54 Å². The van der Waals surface area contributed by atoms with Crippen molar-refractivity contribution >= 4 is 0 Å². The lowest BCUT2D eigenvalue weighted by Crippen LogP contribution is -1.99. The van der Waals surface area contributed by atoms with Crippen molar-refractivity contribution in [3.63, 3.8) is 0 Å². The van der Waals surface area contributed by atoms with Gasteiger partial charge in [-0.05, 0) is 31.5 Å². The molecular weight excluding hydrogens is 212 g/mol. The van der Waals surface area contributed by atoms with E-state index in [-0.39, 0.29) is 0 Å². The zero-order valence-corrected chi connectivity index (χ0v) is 10.1. The summed E-state index contributed by atoms with van der Waals surface area (Å²) in [5, 5.41) is 0. The van der Waals surface area contributed by atoms with Crippen molar-refractivity contribution in [3.8, 4) is 11.5 Å². The molecule has 0 radical (unpaired) electrons. The summed E-state index contributed by atoms with van der Waals surface area (Å²) in [5.41, 5.74) is 8.72.